The second-order valence-electron chi connectivity index (χ2n) is 11.5. The van der Waals surface area contributed by atoms with Gasteiger partial charge in [0.2, 0.25) is 0 Å². The third-order valence-electron chi connectivity index (χ3n) is 8.97. The Bertz CT molecular complexity index is 1320. The van der Waals surface area contributed by atoms with Crippen LogP contribution in [0.3, 0.4) is 0 Å². The van der Waals surface area contributed by atoms with Gasteiger partial charge in [0.15, 0.2) is 0 Å². The molecule has 0 bridgehead atoms. The molecule has 2 aliphatic rings. The second-order valence-corrected chi connectivity index (χ2v) is 11.5. The molecule has 5 rings (SSSR count). The molecule has 0 radical (unpaired) electrons. The maximum atomic E-state index is 14.5. The van der Waals surface area contributed by atoms with Gasteiger partial charge in [0.05, 0.1) is 5.69 Å². The van der Waals surface area contributed by atoms with Gasteiger partial charge in [0, 0.05) is 43.0 Å². The number of amides is 1. The van der Waals surface area contributed by atoms with E-state index in [2.05, 4.69) is 85.9 Å². The molecule has 0 aliphatic carbocycles. The van der Waals surface area contributed by atoms with Crippen molar-refractivity contribution >= 4 is 5.91 Å². The number of nitrogens with one attached hydrogen (secondary N) is 1. The van der Waals surface area contributed by atoms with Gasteiger partial charge in [-0.2, -0.15) is 0 Å². The molecule has 2 aromatic carbocycles. The number of benzene rings is 2. The van der Waals surface area contributed by atoms with E-state index in [4.69, 9.17) is 0 Å². The van der Waals surface area contributed by atoms with Crippen molar-refractivity contribution in [2.24, 2.45) is 7.05 Å². The smallest absolute Gasteiger partial charge is 0.255 e. The zero-order valence-electron chi connectivity index (χ0n) is 24.1. The minimum Gasteiger partial charge on any atom is -0.347 e. The van der Waals surface area contributed by atoms with Crippen LogP contribution in [0.5, 0.6) is 0 Å². The van der Waals surface area contributed by atoms with Crippen LogP contribution < -0.4 is 5.32 Å². The van der Waals surface area contributed by atoms with E-state index in [-0.39, 0.29) is 11.9 Å². The van der Waals surface area contributed by atoms with E-state index in [1.807, 2.05) is 0 Å². The molecule has 3 aromatic rings. The highest BCUT2D eigenvalue weighted by molar-refractivity contribution is 6.02. The van der Waals surface area contributed by atoms with E-state index in [0.717, 1.165) is 49.9 Å². The van der Waals surface area contributed by atoms with Gasteiger partial charge in [-0.1, -0.05) is 51.0 Å². The Morgan fingerprint density at radius 1 is 0.974 bits per heavy atom. The lowest BCUT2D eigenvalue weighted by Gasteiger charge is -2.36. The summed E-state index contributed by atoms with van der Waals surface area (Å²) in [4.78, 5) is 16.6. The van der Waals surface area contributed by atoms with Gasteiger partial charge in [-0.15, -0.1) is 0 Å². The fourth-order valence-corrected chi connectivity index (χ4v) is 6.60. The fourth-order valence-electron chi connectivity index (χ4n) is 6.60. The molecule has 2 aliphatic heterocycles. The van der Waals surface area contributed by atoms with E-state index >= 15 is 0 Å². The first-order valence-electron chi connectivity index (χ1n) is 14.9. The average molecular weight is 512 g/mol. The molecule has 4 nitrogen and oxygen atoms in total. The van der Waals surface area contributed by atoms with Gasteiger partial charge in [-0.3, -0.25) is 4.79 Å². The Labute approximate surface area is 229 Å². The topological polar surface area (TPSA) is 37.3 Å². The third kappa shape index (κ3) is 4.96. The number of rotatable bonds is 8. The SMILES string of the molecule is CCCCc1c(CCCC)c(-c2cc3c(cc2C(=O)N2Cc4ccccc4C[C@H]2C)CNCC3)n(C)c1C. The number of unbranched alkanes of at least 4 members (excludes halogenated alkanes) is 2. The second kappa shape index (κ2) is 11.5. The molecule has 1 aromatic heterocycles. The van der Waals surface area contributed by atoms with Crippen molar-refractivity contribution in [1.29, 1.82) is 0 Å². The molecule has 1 N–H and O–H groups in total. The summed E-state index contributed by atoms with van der Waals surface area (Å²) in [5, 5.41) is 3.52. The predicted octanol–water partition coefficient (Wildman–Crippen LogP) is 6.92. The van der Waals surface area contributed by atoms with E-state index in [0.29, 0.717) is 6.54 Å². The maximum Gasteiger partial charge on any atom is 0.255 e. The van der Waals surface area contributed by atoms with Gasteiger partial charge < -0.3 is 14.8 Å². The molecule has 0 unspecified atom stereocenters. The molecular formula is C34H45N3O. The molecule has 202 valence electrons. The molecule has 1 atom stereocenters. The van der Waals surface area contributed by atoms with Gasteiger partial charge in [-0.05, 0) is 104 Å². The summed E-state index contributed by atoms with van der Waals surface area (Å²) in [6.07, 6.45) is 8.87. The van der Waals surface area contributed by atoms with Crippen molar-refractivity contribution < 1.29 is 4.79 Å². The molecule has 1 amide bonds. The van der Waals surface area contributed by atoms with Crippen molar-refractivity contribution in [3.05, 3.63) is 81.0 Å². The van der Waals surface area contributed by atoms with Crippen LogP contribution in [-0.4, -0.2) is 28.0 Å². The third-order valence-corrected chi connectivity index (χ3v) is 8.97. The quantitative estimate of drug-likeness (QED) is 0.356. The summed E-state index contributed by atoms with van der Waals surface area (Å²) < 4.78 is 2.39. The lowest BCUT2D eigenvalue weighted by molar-refractivity contribution is 0.0659. The Hall–Kier alpha value is -2.85. The molecule has 4 heteroatoms. The van der Waals surface area contributed by atoms with Crippen LogP contribution in [0.15, 0.2) is 36.4 Å². The van der Waals surface area contributed by atoms with E-state index < -0.39 is 0 Å². The van der Waals surface area contributed by atoms with E-state index in [9.17, 15) is 4.79 Å². The monoisotopic (exact) mass is 511 g/mol. The highest BCUT2D eigenvalue weighted by Crippen LogP contribution is 2.38. The number of hydrogen-bond donors (Lipinski definition) is 1. The van der Waals surface area contributed by atoms with Crippen LogP contribution in [0.25, 0.3) is 11.3 Å². The normalized spacial score (nSPS) is 16.9. The summed E-state index contributed by atoms with van der Waals surface area (Å²) >= 11 is 0. The minimum atomic E-state index is 0.172. The first-order chi connectivity index (χ1) is 18.4. The number of nitrogens with zero attached hydrogens (tertiary/aromatic N) is 2. The largest absolute Gasteiger partial charge is 0.347 e. The van der Waals surface area contributed by atoms with Gasteiger partial charge >= 0.3 is 0 Å². The number of hydrogen-bond acceptors (Lipinski definition) is 2. The maximum absolute atomic E-state index is 14.5. The van der Waals surface area contributed by atoms with Crippen LogP contribution in [0.1, 0.15) is 95.9 Å². The average Bonchev–Trinajstić information content (AvgIpc) is 3.17. The zero-order chi connectivity index (χ0) is 26.8. The first kappa shape index (κ1) is 26.7. The molecule has 38 heavy (non-hydrogen) atoms. The van der Waals surface area contributed by atoms with Crippen LogP contribution in [0.4, 0.5) is 0 Å². The fraction of sp³-hybridized carbons (Fsp3) is 0.500. The van der Waals surface area contributed by atoms with Crippen molar-refractivity contribution in [1.82, 2.24) is 14.8 Å². The summed E-state index contributed by atoms with van der Waals surface area (Å²) in [5.41, 5.74) is 13.0. The van der Waals surface area contributed by atoms with E-state index in [1.54, 1.807) is 0 Å². The summed E-state index contributed by atoms with van der Waals surface area (Å²) in [6.45, 7) is 11.5. The Morgan fingerprint density at radius 2 is 1.68 bits per heavy atom. The number of aromatic nitrogens is 1. The molecule has 0 saturated carbocycles. The van der Waals surface area contributed by atoms with Crippen LogP contribution in [0.2, 0.25) is 0 Å². The van der Waals surface area contributed by atoms with Crippen molar-refractivity contribution in [3.8, 4) is 11.3 Å². The lowest BCUT2D eigenvalue weighted by Crippen LogP contribution is -2.43. The Balaban J connectivity index is 1.66. The standard InChI is InChI=1S/C34H45N3O/c1-6-8-14-29-24(4)36(5)33(30(29)15-9-7-2)31-19-26-16-17-35-21-28(26)20-32(31)34(38)37-22-27-13-11-10-12-25(27)18-23(37)3/h10-13,19-20,23,35H,6-9,14-18,21-22H2,1-5H3/t23-/m1/s1. The minimum absolute atomic E-state index is 0.172. The highest BCUT2D eigenvalue weighted by Gasteiger charge is 2.31. The van der Waals surface area contributed by atoms with Crippen LogP contribution >= 0.6 is 0 Å². The lowest BCUT2D eigenvalue weighted by atomic mass is 9.88. The van der Waals surface area contributed by atoms with Crippen molar-refractivity contribution in [2.45, 2.75) is 98.2 Å². The first-order valence-corrected chi connectivity index (χ1v) is 14.9. The molecule has 0 fully saturated rings. The predicted molar refractivity (Wildman–Crippen MR) is 158 cm³/mol. The summed E-state index contributed by atoms with van der Waals surface area (Å²) in [7, 11) is 2.21. The van der Waals surface area contributed by atoms with Crippen molar-refractivity contribution in [3.63, 3.8) is 0 Å². The van der Waals surface area contributed by atoms with Crippen LogP contribution in [0, 0.1) is 6.92 Å². The highest BCUT2D eigenvalue weighted by atomic mass is 16.2. The van der Waals surface area contributed by atoms with Crippen LogP contribution in [-0.2, 0) is 45.8 Å². The number of carbonyl (C=O) groups excluding carboxylic acids is 1. The summed E-state index contributed by atoms with van der Waals surface area (Å²) in [6, 6.07) is 13.4. The Kier molecular flexibility index (Phi) is 8.09. The van der Waals surface area contributed by atoms with E-state index in [1.165, 1.54) is 70.5 Å². The molecule has 0 spiro atoms. The number of carbonyl (C=O) groups is 1. The Morgan fingerprint density at radius 3 is 2.42 bits per heavy atom. The van der Waals surface area contributed by atoms with Gasteiger partial charge in [-0.25, -0.2) is 0 Å². The molecule has 3 heterocycles. The van der Waals surface area contributed by atoms with Gasteiger partial charge in [0.1, 0.15) is 0 Å². The zero-order valence-corrected chi connectivity index (χ0v) is 24.1. The number of fused-ring (bicyclic) bond motifs is 2. The van der Waals surface area contributed by atoms with Crippen molar-refractivity contribution in [2.75, 3.05) is 6.54 Å². The van der Waals surface area contributed by atoms with Gasteiger partial charge in [0.25, 0.3) is 5.91 Å². The molecular weight excluding hydrogens is 466 g/mol. The summed E-state index contributed by atoms with van der Waals surface area (Å²) in [5.74, 6) is 0.172. The molecule has 0 saturated heterocycles.